The van der Waals surface area contributed by atoms with Crippen LogP contribution in [0.15, 0.2) is 47.0 Å². The fourth-order valence-electron chi connectivity index (χ4n) is 2.27. The molecule has 0 fully saturated rings. The molecule has 0 amide bonds. The molecule has 0 spiro atoms. The minimum absolute atomic E-state index is 0.644. The van der Waals surface area contributed by atoms with Gasteiger partial charge in [0.25, 0.3) is 0 Å². The molecular formula is C16H18ClN5S. The normalized spacial score (nSPS) is 11.8. The summed E-state index contributed by atoms with van der Waals surface area (Å²) in [4.78, 5) is 9.77. The van der Waals surface area contributed by atoms with Crippen molar-refractivity contribution in [3.8, 4) is 0 Å². The lowest BCUT2D eigenvalue weighted by Crippen LogP contribution is -2.37. The van der Waals surface area contributed by atoms with Gasteiger partial charge in [0.1, 0.15) is 0 Å². The number of fused-ring (bicyclic) bond motifs is 1. The summed E-state index contributed by atoms with van der Waals surface area (Å²) < 4.78 is 2.02. The van der Waals surface area contributed by atoms with Crippen LogP contribution in [0.5, 0.6) is 0 Å². The lowest BCUT2D eigenvalue weighted by atomic mass is 10.1. The molecule has 23 heavy (non-hydrogen) atoms. The monoisotopic (exact) mass is 347 g/mol. The van der Waals surface area contributed by atoms with Crippen molar-refractivity contribution >= 4 is 33.9 Å². The molecule has 3 rings (SSSR count). The zero-order valence-corrected chi connectivity index (χ0v) is 14.4. The molecule has 0 saturated heterocycles. The lowest BCUT2D eigenvalue weighted by Gasteiger charge is -2.11. The third kappa shape index (κ3) is 4.24. The molecule has 5 nitrogen and oxygen atoms in total. The van der Waals surface area contributed by atoms with Crippen LogP contribution in [0, 0.1) is 0 Å². The van der Waals surface area contributed by atoms with E-state index in [9.17, 15) is 0 Å². The van der Waals surface area contributed by atoms with E-state index < -0.39 is 0 Å². The topological polar surface area (TPSA) is 53.7 Å². The molecule has 0 bridgehead atoms. The van der Waals surface area contributed by atoms with Gasteiger partial charge in [0.2, 0.25) is 0 Å². The molecule has 0 aliphatic rings. The smallest absolute Gasteiger partial charge is 0.193 e. The highest BCUT2D eigenvalue weighted by atomic mass is 35.5. The van der Waals surface area contributed by atoms with Crippen molar-refractivity contribution in [2.75, 3.05) is 13.6 Å². The van der Waals surface area contributed by atoms with E-state index in [2.05, 4.69) is 26.7 Å². The lowest BCUT2D eigenvalue weighted by molar-refractivity contribution is 0.786. The number of aliphatic imine (C=N–C) groups is 1. The third-order valence-corrected chi connectivity index (χ3v) is 4.40. The van der Waals surface area contributed by atoms with Crippen molar-refractivity contribution in [1.29, 1.82) is 0 Å². The van der Waals surface area contributed by atoms with E-state index in [1.54, 1.807) is 18.4 Å². The molecule has 0 aliphatic heterocycles. The highest BCUT2D eigenvalue weighted by Gasteiger charge is 2.04. The van der Waals surface area contributed by atoms with Crippen LogP contribution >= 0.6 is 22.9 Å². The first-order valence-corrected chi connectivity index (χ1v) is 8.60. The summed E-state index contributed by atoms with van der Waals surface area (Å²) >= 11 is 7.62. The molecule has 0 unspecified atom stereocenters. The van der Waals surface area contributed by atoms with E-state index >= 15 is 0 Å². The Labute approximate surface area is 144 Å². The number of aromatic nitrogens is 2. The number of guanidine groups is 1. The maximum absolute atomic E-state index is 5.99. The summed E-state index contributed by atoms with van der Waals surface area (Å²) in [5.41, 5.74) is 2.20. The van der Waals surface area contributed by atoms with Gasteiger partial charge in [-0.15, -0.1) is 11.3 Å². The van der Waals surface area contributed by atoms with E-state index in [4.69, 9.17) is 11.6 Å². The molecule has 0 aliphatic carbocycles. The van der Waals surface area contributed by atoms with Crippen molar-refractivity contribution < 1.29 is 0 Å². The van der Waals surface area contributed by atoms with Crippen LogP contribution in [0.2, 0.25) is 5.02 Å². The molecule has 3 aromatic rings. The molecule has 2 aromatic heterocycles. The van der Waals surface area contributed by atoms with E-state index in [1.807, 2.05) is 40.4 Å². The van der Waals surface area contributed by atoms with Gasteiger partial charge in [-0.25, -0.2) is 4.98 Å². The average molecular weight is 348 g/mol. The van der Waals surface area contributed by atoms with Crippen LogP contribution < -0.4 is 10.6 Å². The molecule has 2 N–H and O–H groups in total. The van der Waals surface area contributed by atoms with E-state index in [0.717, 1.165) is 34.6 Å². The predicted octanol–water partition coefficient (Wildman–Crippen LogP) is 2.96. The van der Waals surface area contributed by atoms with Crippen molar-refractivity contribution in [2.24, 2.45) is 4.99 Å². The highest BCUT2D eigenvalue weighted by molar-refractivity contribution is 7.15. The fraction of sp³-hybridized carbons (Fsp3) is 0.250. The van der Waals surface area contributed by atoms with Crippen LogP contribution in [-0.4, -0.2) is 28.9 Å². The number of hydrogen-bond acceptors (Lipinski definition) is 3. The second kappa shape index (κ2) is 7.48. The molecule has 2 heterocycles. The van der Waals surface area contributed by atoms with Gasteiger partial charge >= 0.3 is 0 Å². The quantitative estimate of drug-likeness (QED) is 0.551. The van der Waals surface area contributed by atoms with E-state index in [-0.39, 0.29) is 0 Å². The summed E-state index contributed by atoms with van der Waals surface area (Å²) in [6.07, 6.45) is 4.92. The van der Waals surface area contributed by atoms with Gasteiger partial charge in [0.05, 0.1) is 12.2 Å². The van der Waals surface area contributed by atoms with E-state index in [1.165, 1.54) is 5.56 Å². The van der Waals surface area contributed by atoms with Crippen molar-refractivity contribution in [3.05, 3.63) is 58.3 Å². The Bertz CT molecular complexity index is 779. The maximum atomic E-state index is 5.99. The number of imidazole rings is 1. The maximum Gasteiger partial charge on any atom is 0.193 e. The first-order valence-electron chi connectivity index (χ1n) is 7.34. The zero-order chi connectivity index (χ0) is 16.1. The van der Waals surface area contributed by atoms with Crippen LogP contribution in [0.3, 0.4) is 0 Å². The summed E-state index contributed by atoms with van der Waals surface area (Å²) in [7, 11) is 1.76. The highest BCUT2D eigenvalue weighted by Crippen LogP contribution is 2.11. The molecule has 120 valence electrons. The second-order valence-corrected chi connectivity index (χ2v) is 6.37. The first kappa shape index (κ1) is 15.8. The number of hydrogen-bond donors (Lipinski definition) is 2. The van der Waals surface area contributed by atoms with Gasteiger partial charge in [-0.3, -0.25) is 9.39 Å². The average Bonchev–Trinajstić information content (AvgIpc) is 3.12. The minimum atomic E-state index is 0.644. The number of nitrogens with zero attached hydrogens (tertiary/aromatic N) is 3. The second-order valence-electron chi connectivity index (χ2n) is 5.06. The van der Waals surface area contributed by atoms with Crippen LogP contribution in [0.4, 0.5) is 0 Å². The molecular weight excluding hydrogens is 330 g/mol. The van der Waals surface area contributed by atoms with Crippen molar-refractivity contribution in [1.82, 2.24) is 20.0 Å². The zero-order valence-electron chi connectivity index (χ0n) is 12.8. The summed E-state index contributed by atoms with van der Waals surface area (Å²) in [6, 6.07) is 7.91. The number of benzene rings is 1. The number of halogens is 1. The fourth-order valence-corrected chi connectivity index (χ4v) is 3.21. The standard InChI is InChI=1S/C16H18ClN5S/c1-18-15(19-6-5-12-3-2-4-13(17)9-12)20-10-14-11-22-7-8-23-16(22)21-14/h2-4,7-9,11H,5-6,10H2,1H3,(H2,18,19,20). The van der Waals surface area contributed by atoms with Crippen LogP contribution in [-0.2, 0) is 13.0 Å². The molecule has 7 heteroatoms. The van der Waals surface area contributed by atoms with Gasteiger partial charge < -0.3 is 10.6 Å². The summed E-state index contributed by atoms with van der Waals surface area (Å²) in [5.74, 6) is 0.767. The van der Waals surface area contributed by atoms with E-state index in [0.29, 0.717) is 6.54 Å². The Hall–Kier alpha value is -2.05. The molecule has 0 atom stereocenters. The van der Waals surface area contributed by atoms with Gasteiger partial charge in [-0.1, -0.05) is 23.7 Å². The third-order valence-electron chi connectivity index (χ3n) is 3.40. The first-order chi connectivity index (χ1) is 11.2. The summed E-state index contributed by atoms with van der Waals surface area (Å²) in [6.45, 7) is 1.43. The number of thiazole rings is 1. The van der Waals surface area contributed by atoms with Gasteiger partial charge in [-0.2, -0.15) is 0 Å². The van der Waals surface area contributed by atoms with Crippen molar-refractivity contribution in [3.63, 3.8) is 0 Å². The molecule has 0 radical (unpaired) electrons. The molecule has 1 aromatic carbocycles. The Morgan fingerprint density at radius 1 is 1.39 bits per heavy atom. The van der Waals surface area contributed by atoms with Crippen molar-refractivity contribution in [2.45, 2.75) is 13.0 Å². The number of rotatable bonds is 5. The van der Waals surface area contributed by atoms with Gasteiger partial charge in [0, 0.05) is 36.4 Å². The Kier molecular flexibility index (Phi) is 5.15. The largest absolute Gasteiger partial charge is 0.356 e. The Morgan fingerprint density at radius 3 is 3.09 bits per heavy atom. The Morgan fingerprint density at radius 2 is 2.30 bits per heavy atom. The predicted molar refractivity (Wildman–Crippen MR) is 96.4 cm³/mol. The SMILES string of the molecule is CN=C(NCCc1cccc(Cl)c1)NCc1cn2ccsc2n1. The summed E-state index contributed by atoms with van der Waals surface area (Å²) in [5, 5.41) is 9.37. The number of nitrogens with one attached hydrogen (secondary N) is 2. The minimum Gasteiger partial charge on any atom is -0.356 e. The van der Waals surface area contributed by atoms with Gasteiger partial charge in [-0.05, 0) is 24.1 Å². The Balaban J connectivity index is 1.47. The van der Waals surface area contributed by atoms with Crippen LogP contribution in [0.25, 0.3) is 4.96 Å². The van der Waals surface area contributed by atoms with Gasteiger partial charge in [0.15, 0.2) is 10.9 Å². The molecule has 0 saturated carbocycles. The van der Waals surface area contributed by atoms with Crippen LogP contribution in [0.1, 0.15) is 11.3 Å².